The number of aromatic nitrogens is 2. The SMILES string of the molecule is Cc1ccccc1[C@H]1[C@@H]2CN(C(=O)CCc3cn[nH]c3)C[C@@H]2CN1C. The van der Waals surface area contributed by atoms with Crippen LogP contribution in [0.4, 0.5) is 0 Å². The summed E-state index contributed by atoms with van der Waals surface area (Å²) in [5, 5.41) is 6.76. The molecule has 2 saturated heterocycles. The van der Waals surface area contributed by atoms with E-state index in [1.165, 1.54) is 11.1 Å². The molecule has 0 spiro atoms. The van der Waals surface area contributed by atoms with Gasteiger partial charge in [0, 0.05) is 44.2 Å². The van der Waals surface area contributed by atoms with Gasteiger partial charge in [-0.05, 0) is 43.0 Å². The number of fused-ring (bicyclic) bond motifs is 1. The lowest BCUT2D eigenvalue weighted by atomic mass is 9.88. The zero-order valence-corrected chi connectivity index (χ0v) is 15.0. The highest BCUT2D eigenvalue weighted by Gasteiger charge is 2.47. The van der Waals surface area contributed by atoms with Crippen molar-refractivity contribution in [3.8, 4) is 0 Å². The molecule has 0 bridgehead atoms. The van der Waals surface area contributed by atoms with Crippen LogP contribution in [0.2, 0.25) is 0 Å². The minimum Gasteiger partial charge on any atom is -0.342 e. The summed E-state index contributed by atoms with van der Waals surface area (Å²) in [4.78, 5) is 17.2. The standard InChI is InChI=1S/C20H26N4O/c1-14-5-3-4-6-17(14)20-18-13-24(12-16(18)11-23(20)2)19(25)8-7-15-9-21-22-10-15/h3-6,9-10,16,18,20H,7-8,11-13H2,1-2H3,(H,21,22)/t16-,18+,20-/m0/s1. The third-order valence-corrected chi connectivity index (χ3v) is 5.94. The highest BCUT2D eigenvalue weighted by molar-refractivity contribution is 5.76. The molecule has 132 valence electrons. The van der Waals surface area contributed by atoms with E-state index >= 15 is 0 Å². The molecule has 0 saturated carbocycles. The Labute approximate surface area is 149 Å². The topological polar surface area (TPSA) is 52.2 Å². The van der Waals surface area contributed by atoms with E-state index < -0.39 is 0 Å². The number of hydrogen-bond acceptors (Lipinski definition) is 3. The largest absolute Gasteiger partial charge is 0.342 e. The van der Waals surface area contributed by atoms with Crippen LogP contribution in [0.15, 0.2) is 36.7 Å². The second-order valence-electron chi connectivity index (χ2n) is 7.57. The number of amides is 1. The molecule has 1 N–H and O–H groups in total. The van der Waals surface area contributed by atoms with Gasteiger partial charge in [0.25, 0.3) is 0 Å². The van der Waals surface area contributed by atoms with Crippen molar-refractivity contribution in [2.75, 3.05) is 26.7 Å². The number of rotatable bonds is 4. The maximum absolute atomic E-state index is 12.6. The first-order valence-corrected chi connectivity index (χ1v) is 9.14. The van der Waals surface area contributed by atoms with Crippen molar-refractivity contribution in [1.82, 2.24) is 20.0 Å². The molecule has 4 rings (SSSR count). The molecular formula is C20H26N4O. The first-order valence-electron chi connectivity index (χ1n) is 9.14. The van der Waals surface area contributed by atoms with Crippen LogP contribution >= 0.6 is 0 Å². The van der Waals surface area contributed by atoms with Crippen LogP contribution in [-0.2, 0) is 11.2 Å². The molecule has 25 heavy (non-hydrogen) atoms. The van der Waals surface area contributed by atoms with Gasteiger partial charge >= 0.3 is 0 Å². The molecule has 5 nitrogen and oxygen atoms in total. The third kappa shape index (κ3) is 3.09. The van der Waals surface area contributed by atoms with Gasteiger partial charge in [-0.15, -0.1) is 0 Å². The van der Waals surface area contributed by atoms with Crippen LogP contribution in [0.3, 0.4) is 0 Å². The Kier molecular flexibility index (Phi) is 4.34. The minimum atomic E-state index is 0.279. The Balaban J connectivity index is 1.44. The molecule has 2 fully saturated rings. The van der Waals surface area contributed by atoms with Crippen LogP contribution in [0.1, 0.15) is 29.2 Å². The number of nitrogens with one attached hydrogen (secondary N) is 1. The molecule has 1 aromatic heterocycles. The fourth-order valence-electron chi connectivity index (χ4n) is 4.67. The van der Waals surface area contributed by atoms with Crippen LogP contribution in [0.5, 0.6) is 0 Å². The van der Waals surface area contributed by atoms with Gasteiger partial charge < -0.3 is 4.90 Å². The number of H-pyrrole nitrogens is 1. The molecule has 1 aromatic carbocycles. The Morgan fingerprint density at radius 3 is 2.88 bits per heavy atom. The molecule has 3 heterocycles. The van der Waals surface area contributed by atoms with E-state index in [4.69, 9.17) is 0 Å². The van der Waals surface area contributed by atoms with Crippen molar-refractivity contribution in [2.45, 2.75) is 25.8 Å². The number of aromatic amines is 1. The Bertz CT molecular complexity index is 742. The molecule has 5 heteroatoms. The van der Waals surface area contributed by atoms with Crippen molar-refractivity contribution in [3.63, 3.8) is 0 Å². The van der Waals surface area contributed by atoms with Gasteiger partial charge in [0.1, 0.15) is 0 Å². The maximum Gasteiger partial charge on any atom is 0.222 e. The van der Waals surface area contributed by atoms with Crippen molar-refractivity contribution in [3.05, 3.63) is 53.3 Å². The van der Waals surface area contributed by atoms with Crippen LogP contribution in [0.25, 0.3) is 0 Å². The monoisotopic (exact) mass is 338 g/mol. The number of hydrogen-bond donors (Lipinski definition) is 1. The van der Waals surface area contributed by atoms with Gasteiger partial charge in [0.2, 0.25) is 5.91 Å². The van der Waals surface area contributed by atoms with Gasteiger partial charge in [0.15, 0.2) is 0 Å². The average Bonchev–Trinajstić information content (AvgIpc) is 3.30. The summed E-state index contributed by atoms with van der Waals surface area (Å²) >= 11 is 0. The molecule has 3 atom stereocenters. The molecule has 1 amide bonds. The van der Waals surface area contributed by atoms with Crippen LogP contribution in [-0.4, -0.2) is 52.6 Å². The minimum absolute atomic E-state index is 0.279. The van der Waals surface area contributed by atoms with Crippen molar-refractivity contribution < 1.29 is 4.79 Å². The summed E-state index contributed by atoms with van der Waals surface area (Å²) in [6.07, 6.45) is 5.01. The lowest BCUT2D eigenvalue weighted by Crippen LogP contribution is -2.33. The van der Waals surface area contributed by atoms with Crippen molar-refractivity contribution in [2.24, 2.45) is 11.8 Å². The Hall–Kier alpha value is -2.14. The molecule has 2 aromatic rings. The van der Waals surface area contributed by atoms with Gasteiger partial charge in [-0.25, -0.2) is 0 Å². The van der Waals surface area contributed by atoms with Gasteiger partial charge in [-0.3, -0.25) is 14.8 Å². The lowest BCUT2D eigenvalue weighted by Gasteiger charge is -2.28. The van der Waals surface area contributed by atoms with E-state index in [0.29, 0.717) is 24.3 Å². The smallest absolute Gasteiger partial charge is 0.222 e. The van der Waals surface area contributed by atoms with Gasteiger partial charge in [0.05, 0.1) is 6.20 Å². The fourth-order valence-corrected chi connectivity index (χ4v) is 4.67. The molecule has 2 aliphatic rings. The summed E-state index contributed by atoms with van der Waals surface area (Å²) in [5.74, 6) is 1.42. The van der Waals surface area contributed by atoms with Gasteiger partial charge in [-0.2, -0.15) is 5.10 Å². The zero-order valence-electron chi connectivity index (χ0n) is 15.0. The quantitative estimate of drug-likeness (QED) is 0.931. The number of carbonyl (C=O) groups excluding carboxylic acids is 1. The van der Waals surface area contributed by atoms with Crippen LogP contribution in [0, 0.1) is 18.8 Å². The second kappa shape index (κ2) is 6.64. The zero-order chi connectivity index (χ0) is 17.4. The second-order valence-corrected chi connectivity index (χ2v) is 7.57. The first-order chi connectivity index (χ1) is 12.1. The van der Waals surface area contributed by atoms with Crippen LogP contribution < -0.4 is 0 Å². The number of carbonyl (C=O) groups is 1. The molecule has 0 radical (unpaired) electrons. The lowest BCUT2D eigenvalue weighted by molar-refractivity contribution is -0.130. The number of benzene rings is 1. The van der Waals surface area contributed by atoms with E-state index in [2.05, 4.69) is 58.2 Å². The van der Waals surface area contributed by atoms with E-state index in [9.17, 15) is 4.79 Å². The maximum atomic E-state index is 12.6. The molecule has 2 aliphatic heterocycles. The predicted molar refractivity (Wildman–Crippen MR) is 97.0 cm³/mol. The number of aryl methyl sites for hydroxylation is 2. The predicted octanol–water partition coefficient (Wildman–Crippen LogP) is 2.41. The number of likely N-dealkylation sites (tertiary alicyclic amines) is 2. The molecule has 0 aliphatic carbocycles. The van der Waals surface area contributed by atoms with Crippen molar-refractivity contribution >= 4 is 5.91 Å². The Morgan fingerprint density at radius 2 is 2.12 bits per heavy atom. The fraction of sp³-hybridized carbons (Fsp3) is 0.500. The van der Waals surface area contributed by atoms with E-state index in [-0.39, 0.29) is 5.91 Å². The van der Waals surface area contributed by atoms with Gasteiger partial charge in [-0.1, -0.05) is 24.3 Å². The van der Waals surface area contributed by atoms with E-state index in [0.717, 1.165) is 31.6 Å². The first kappa shape index (κ1) is 16.3. The molecular weight excluding hydrogens is 312 g/mol. The van der Waals surface area contributed by atoms with E-state index in [1.807, 2.05) is 6.20 Å². The summed E-state index contributed by atoms with van der Waals surface area (Å²) in [6, 6.07) is 9.11. The summed E-state index contributed by atoms with van der Waals surface area (Å²) in [7, 11) is 2.22. The van der Waals surface area contributed by atoms with Crippen molar-refractivity contribution in [1.29, 1.82) is 0 Å². The normalized spacial score (nSPS) is 26.2. The summed E-state index contributed by atoms with van der Waals surface area (Å²) < 4.78 is 0. The molecule has 0 unspecified atom stereocenters. The summed E-state index contributed by atoms with van der Waals surface area (Å²) in [6.45, 7) is 5.06. The third-order valence-electron chi connectivity index (χ3n) is 5.94. The average molecular weight is 338 g/mol. The Morgan fingerprint density at radius 1 is 1.28 bits per heavy atom. The number of nitrogens with zero attached hydrogens (tertiary/aromatic N) is 3. The highest BCUT2D eigenvalue weighted by atomic mass is 16.2. The van der Waals surface area contributed by atoms with E-state index in [1.54, 1.807) is 6.20 Å². The highest BCUT2D eigenvalue weighted by Crippen LogP contribution is 2.44. The summed E-state index contributed by atoms with van der Waals surface area (Å²) in [5.41, 5.74) is 3.88.